The van der Waals surface area contributed by atoms with Crippen LogP contribution in [0.2, 0.25) is 0 Å². The number of hydrogen-bond donors (Lipinski definition) is 3. The van der Waals surface area contributed by atoms with Gasteiger partial charge in [-0.05, 0) is 18.2 Å². The summed E-state index contributed by atoms with van der Waals surface area (Å²) in [6, 6.07) is 5.54. The number of nitrogens with one attached hydrogen (secondary N) is 3. The van der Waals surface area contributed by atoms with Crippen LogP contribution in [0.15, 0.2) is 30.6 Å². The second-order valence-electron chi connectivity index (χ2n) is 2.75. The van der Waals surface area contributed by atoms with Gasteiger partial charge in [0, 0.05) is 5.69 Å². The predicted octanol–water partition coefficient (Wildman–Crippen LogP) is 1.56. The average molecular weight is 175 g/mol. The van der Waals surface area contributed by atoms with Gasteiger partial charge < -0.3 is 16.0 Å². The van der Waals surface area contributed by atoms with Crippen LogP contribution in [0.5, 0.6) is 0 Å². The summed E-state index contributed by atoms with van der Waals surface area (Å²) in [6.07, 6.45) is 0.652. The molecule has 0 saturated carbocycles. The number of benzene rings is 1. The van der Waals surface area contributed by atoms with Crippen molar-refractivity contribution in [1.82, 2.24) is 0 Å². The van der Waals surface area contributed by atoms with Crippen LogP contribution in [0.1, 0.15) is 0 Å². The van der Waals surface area contributed by atoms with Gasteiger partial charge in [-0.25, -0.2) is 0 Å². The monoisotopic (exact) mass is 175 g/mol. The van der Waals surface area contributed by atoms with Crippen molar-refractivity contribution in [2.75, 3.05) is 16.0 Å². The SMILES string of the molecule is C=C1Nc2ccc(NC=O)cc2N1. The second kappa shape index (κ2) is 2.82. The second-order valence-corrected chi connectivity index (χ2v) is 2.75. The molecule has 4 nitrogen and oxygen atoms in total. The Hall–Kier alpha value is -1.97. The molecule has 0 spiro atoms. The Bertz CT molecular complexity index is 373. The zero-order valence-corrected chi connectivity index (χ0v) is 6.92. The maximum absolute atomic E-state index is 10.2. The maximum Gasteiger partial charge on any atom is 0.211 e. The van der Waals surface area contributed by atoms with E-state index in [1.54, 1.807) is 0 Å². The summed E-state index contributed by atoms with van der Waals surface area (Å²) in [5.74, 6) is 0.748. The van der Waals surface area contributed by atoms with E-state index in [0.29, 0.717) is 6.41 Å². The van der Waals surface area contributed by atoms with Crippen LogP contribution in [-0.2, 0) is 4.79 Å². The Morgan fingerprint density at radius 1 is 1.31 bits per heavy atom. The summed E-state index contributed by atoms with van der Waals surface area (Å²) in [4.78, 5) is 10.2. The van der Waals surface area contributed by atoms with E-state index in [1.807, 2.05) is 18.2 Å². The summed E-state index contributed by atoms with van der Waals surface area (Å²) in [5.41, 5.74) is 2.66. The molecule has 0 radical (unpaired) electrons. The van der Waals surface area contributed by atoms with Gasteiger partial charge in [-0.2, -0.15) is 0 Å². The van der Waals surface area contributed by atoms with E-state index in [4.69, 9.17) is 0 Å². The third-order valence-electron chi connectivity index (χ3n) is 1.82. The van der Waals surface area contributed by atoms with Crippen molar-refractivity contribution in [3.63, 3.8) is 0 Å². The quantitative estimate of drug-likeness (QED) is 0.598. The minimum Gasteiger partial charge on any atom is -0.341 e. The molecule has 1 aliphatic heterocycles. The molecule has 0 unspecified atom stereocenters. The Kier molecular flexibility index (Phi) is 1.66. The molecule has 1 aliphatic rings. The van der Waals surface area contributed by atoms with Crippen molar-refractivity contribution in [2.24, 2.45) is 0 Å². The highest BCUT2D eigenvalue weighted by molar-refractivity contribution is 5.84. The standard InChI is InChI=1S/C9H9N3O/c1-6-11-8-3-2-7(10-5-13)4-9(8)12-6/h2-5,11-12H,1H2,(H,10,13). The maximum atomic E-state index is 10.2. The molecular formula is C9H9N3O. The predicted molar refractivity (Wildman–Crippen MR) is 52.5 cm³/mol. The summed E-state index contributed by atoms with van der Waals surface area (Å²) in [6.45, 7) is 3.73. The first-order valence-corrected chi connectivity index (χ1v) is 3.87. The summed E-state index contributed by atoms with van der Waals surface area (Å²) in [7, 11) is 0. The van der Waals surface area contributed by atoms with Gasteiger partial charge in [0.25, 0.3) is 0 Å². The smallest absolute Gasteiger partial charge is 0.211 e. The molecule has 3 N–H and O–H groups in total. The molecule has 0 aliphatic carbocycles. The molecule has 1 aromatic carbocycles. The van der Waals surface area contributed by atoms with E-state index in [-0.39, 0.29) is 0 Å². The highest BCUT2D eigenvalue weighted by Gasteiger charge is 2.11. The Balaban J connectivity index is 2.34. The van der Waals surface area contributed by atoms with Crippen molar-refractivity contribution in [3.05, 3.63) is 30.6 Å². The number of anilines is 3. The lowest BCUT2D eigenvalue weighted by molar-refractivity contribution is -0.105. The number of hydrogen-bond acceptors (Lipinski definition) is 3. The van der Waals surface area contributed by atoms with Gasteiger partial charge in [0.15, 0.2) is 0 Å². The van der Waals surface area contributed by atoms with Crippen LogP contribution < -0.4 is 16.0 Å². The lowest BCUT2D eigenvalue weighted by atomic mass is 10.2. The third-order valence-corrected chi connectivity index (χ3v) is 1.82. The number of amides is 1. The van der Waals surface area contributed by atoms with Crippen molar-refractivity contribution < 1.29 is 4.79 Å². The highest BCUT2D eigenvalue weighted by atomic mass is 16.1. The van der Waals surface area contributed by atoms with Gasteiger partial charge >= 0.3 is 0 Å². The molecule has 1 amide bonds. The number of rotatable bonds is 2. The number of carbonyl (C=O) groups is 1. The van der Waals surface area contributed by atoms with Gasteiger partial charge in [-0.1, -0.05) is 6.58 Å². The van der Waals surface area contributed by atoms with E-state index < -0.39 is 0 Å². The summed E-state index contributed by atoms with van der Waals surface area (Å²) in [5, 5.41) is 8.65. The van der Waals surface area contributed by atoms with E-state index in [0.717, 1.165) is 22.9 Å². The Labute approximate surface area is 75.6 Å². The lowest BCUT2D eigenvalue weighted by Crippen LogP contribution is -1.95. The molecule has 0 aromatic heterocycles. The van der Waals surface area contributed by atoms with Crippen LogP contribution >= 0.6 is 0 Å². The van der Waals surface area contributed by atoms with Gasteiger partial charge in [0.2, 0.25) is 6.41 Å². The first-order chi connectivity index (χ1) is 6.29. The minimum atomic E-state index is 0.652. The zero-order valence-electron chi connectivity index (χ0n) is 6.92. The zero-order chi connectivity index (χ0) is 9.26. The van der Waals surface area contributed by atoms with E-state index in [2.05, 4.69) is 22.5 Å². The van der Waals surface area contributed by atoms with Crippen molar-refractivity contribution in [3.8, 4) is 0 Å². The van der Waals surface area contributed by atoms with Crippen LogP contribution in [0.25, 0.3) is 0 Å². The average Bonchev–Trinajstić information content (AvgIpc) is 2.44. The molecule has 2 rings (SSSR count). The van der Waals surface area contributed by atoms with Gasteiger partial charge in [0.1, 0.15) is 5.82 Å². The largest absolute Gasteiger partial charge is 0.341 e. The molecule has 0 bridgehead atoms. The van der Waals surface area contributed by atoms with E-state index in [1.165, 1.54) is 0 Å². The van der Waals surface area contributed by atoms with Gasteiger partial charge in [0.05, 0.1) is 11.4 Å². The minimum absolute atomic E-state index is 0.652. The molecule has 4 heteroatoms. The van der Waals surface area contributed by atoms with Crippen molar-refractivity contribution >= 4 is 23.5 Å². The lowest BCUT2D eigenvalue weighted by Gasteiger charge is -2.01. The molecule has 0 saturated heterocycles. The molecule has 1 heterocycles. The molecule has 1 aromatic rings. The normalized spacial score (nSPS) is 12.8. The van der Waals surface area contributed by atoms with Crippen LogP contribution in [-0.4, -0.2) is 6.41 Å². The molecule has 66 valence electrons. The fourth-order valence-corrected chi connectivity index (χ4v) is 1.27. The topological polar surface area (TPSA) is 53.2 Å². The number of carbonyl (C=O) groups excluding carboxylic acids is 1. The molecule has 0 atom stereocenters. The fourth-order valence-electron chi connectivity index (χ4n) is 1.27. The molecule has 13 heavy (non-hydrogen) atoms. The fraction of sp³-hybridized carbons (Fsp3) is 0. The molecule has 0 fully saturated rings. The molecular weight excluding hydrogens is 166 g/mol. The van der Waals surface area contributed by atoms with Crippen LogP contribution in [0, 0.1) is 0 Å². The Morgan fingerprint density at radius 2 is 2.08 bits per heavy atom. The van der Waals surface area contributed by atoms with Crippen molar-refractivity contribution in [2.45, 2.75) is 0 Å². The van der Waals surface area contributed by atoms with Crippen LogP contribution in [0.4, 0.5) is 17.1 Å². The summed E-state index contributed by atoms with van der Waals surface area (Å²) < 4.78 is 0. The van der Waals surface area contributed by atoms with E-state index in [9.17, 15) is 4.79 Å². The first-order valence-electron chi connectivity index (χ1n) is 3.87. The van der Waals surface area contributed by atoms with Crippen molar-refractivity contribution in [1.29, 1.82) is 0 Å². The summed E-state index contributed by atoms with van der Waals surface area (Å²) >= 11 is 0. The van der Waals surface area contributed by atoms with E-state index >= 15 is 0 Å². The van der Waals surface area contributed by atoms with Gasteiger partial charge in [-0.3, -0.25) is 4.79 Å². The highest BCUT2D eigenvalue weighted by Crippen LogP contribution is 2.31. The Morgan fingerprint density at radius 3 is 2.85 bits per heavy atom. The van der Waals surface area contributed by atoms with Gasteiger partial charge in [-0.15, -0.1) is 0 Å². The number of fused-ring (bicyclic) bond motifs is 1. The first kappa shape index (κ1) is 7.67. The van der Waals surface area contributed by atoms with Crippen LogP contribution in [0.3, 0.4) is 0 Å². The third kappa shape index (κ3) is 1.33.